The lowest BCUT2D eigenvalue weighted by atomic mass is 10.0. The van der Waals surface area contributed by atoms with Crippen LogP contribution in [0.5, 0.6) is 0 Å². The van der Waals surface area contributed by atoms with Crippen molar-refractivity contribution in [1.82, 2.24) is 10.6 Å². The second-order valence-corrected chi connectivity index (χ2v) is 4.38. The van der Waals surface area contributed by atoms with E-state index in [1.807, 2.05) is 20.8 Å². The SMILES string of the molecule is CCNC(C)(C)C(=O)NCC(C)CC. The van der Waals surface area contributed by atoms with Gasteiger partial charge in [0.05, 0.1) is 5.54 Å². The maximum absolute atomic E-state index is 11.7. The van der Waals surface area contributed by atoms with E-state index in [4.69, 9.17) is 0 Å². The number of amides is 1. The predicted octanol–water partition coefficient (Wildman–Crippen LogP) is 1.54. The second-order valence-electron chi connectivity index (χ2n) is 4.38. The average Bonchev–Trinajstić information content (AvgIpc) is 2.13. The van der Waals surface area contributed by atoms with Crippen LogP contribution in [-0.4, -0.2) is 24.5 Å². The van der Waals surface area contributed by atoms with Crippen LogP contribution in [0.4, 0.5) is 0 Å². The van der Waals surface area contributed by atoms with Crippen LogP contribution in [-0.2, 0) is 4.79 Å². The van der Waals surface area contributed by atoms with Crippen LogP contribution in [0.1, 0.15) is 41.0 Å². The van der Waals surface area contributed by atoms with Crippen molar-refractivity contribution in [3.05, 3.63) is 0 Å². The minimum atomic E-state index is -0.456. The summed E-state index contributed by atoms with van der Waals surface area (Å²) in [6.45, 7) is 11.7. The largest absolute Gasteiger partial charge is 0.354 e. The summed E-state index contributed by atoms with van der Waals surface area (Å²) in [5, 5.41) is 6.11. The van der Waals surface area contributed by atoms with E-state index in [0.717, 1.165) is 19.5 Å². The van der Waals surface area contributed by atoms with Gasteiger partial charge in [0.2, 0.25) is 5.91 Å². The summed E-state index contributed by atoms with van der Waals surface area (Å²) in [5.41, 5.74) is -0.456. The first-order chi connectivity index (χ1) is 6.44. The maximum atomic E-state index is 11.7. The number of hydrogen-bond donors (Lipinski definition) is 2. The molecule has 3 heteroatoms. The van der Waals surface area contributed by atoms with Gasteiger partial charge in [-0.25, -0.2) is 0 Å². The maximum Gasteiger partial charge on any atom is 0.239 e. The number of likely N-dealkylation sites (N-methyl/N-ethyl adjacent to an activating group) is 1. The van der Waals surface area contributed by atoms with E-state index in [9.17, 15) is 4.79 Å². The zero-order valence-electron chi connectivity index (χ0n) is 10.1. The van der Waals surface area contributed by atoms with Crippen LogP contribution >= 0.6 is 0 Å². The van der Waals surface area contributed by atoms with Gasteiger partial charge in [0.15, 0.2) is 0 Å². The molecule has 0 bridgehead atoms. The molecule has 0 aliphatic rings. The first-order valence-corrected chi connectivity index (χ1v) is 5.47. The summed E-state index contributed by atoms with van der Waals surface area (Å²) in [5.74, 6) is 0.635. The molecule has 0 saturated heterocycles. The summed E-state index contributed by atoms with van der Waals surface area (Å²) in [7, 11) is 0. The zero-order chi connectivity index (χ0) is 11.2. The van der Waals surface area contributed by atoms with Gasteiger partial charge in [0.1, 0.15) is 0 Å². The van der Waals surface area contributed by atoms with Gasteiger partial charge in [0.25, 0.3) is 0 Å². The molecule has 14 heavy (non-hydrogen) atoms. The Kier molecular flexibility index (Phi) is 5.77. The topological polar surface area (TPSA) is 41.1 Å². The van der Waals surface area contributed by atoms with Crippen molar-refractivity contribution in [2.75, 3.05) is 13.1 Å². The molecule has 0 fully saturated rings. The van der Waals surface area contributed by atoms with Crippen LogP contribution in [0.2, 0.25) is 0 Å². The van der Waals surface area contributed by atoms with Crippen LogP contribution in [0.25, 0.3) is 0 Å². The van der Waals surface area contributed by atoms with E-state index >= 15 is 0 Å². The van der Waals surface area contributed by atoms with Crippen molar-refractivity contribution < 1.29 is 4.79 Å². The van der Waals surface area contributed by atoms with Gasteiger partial charge in [-0.2, -0.15) is 0 Å². The minimum Gasteiger partial charge on any atom is -0.354 e. The zero-order valence-corrected chi connectivity index (χ0v) is 10.1. The first kappa shape index (κ1) is 13.4. The van der Waals surface area contributed by atoms with Crippen molar-refractivity contribution in [3.63, 3.8) is 0 Å². The highest BCUT2D eigenvalue weighted by Gasteiger charge is 2.25. The molecule has 0 rings (SSSR count). The van der Waals surface area contributed by atoms with Gasteiger partial charge in [-0.3, -0.25) is 4.79 Å². The molecular weight excluding hydrogens is 176 g/mol. The number of hydrogen-bond acceptors (Lipinski definition) is 2. The lowest BCUT2D eigenvalue weighted by Gasteiger charge is -2.25. The van der Waals surface area contributed by atoms with Gasteiger partial charge >= 0.3 is 0 Å². The third kappa shape index (κ3) is 4.61. The van der Waals surface area contributed by atoms with E-state index in [2.05, 4.69) is 24.5 Å². The Morgan fingerprint density at radius 1 is 1.36 bits per heavy atom. The smallest absolute Gasteiger partial charge is 0.239 e. The Morgan fingerprint density at radius 2 is 1.93 bits per heavy atom. The molecule has 3 nitrogen and oxygen atoms in total. The molecule has 0 radical (unpaired) electrons. The van der Waals surface area contributed by atoms with Crippen molar-refractivity contribution in [2.45, 2.75) is 46.6 Å². The summed E-state index contributed by atoms with van der Waals surface area (Å²) in [6, 6.07) is 0. The lowest BCUT2D eigenvalue weighted by molar-refractivity contribution is -0.126. The molecule has 2 N–H and O–H groups in total. The molecule has 0 saturated carbocycles. The van der Waals surface area contributed by atoms with Crippen LogP contribution < -0.4 is 10.6 Å². The van der Waals surface area contributed by atoms with E-state index in [1.165, 1.54) is 0 Å². The van der Waals surface area contributed by atoms with Gasteiger partial charge in [-0.1, -0.05) is 27.2 Å². The minimum absolute atomic E-state index is 0.0830. The molecule has 0 aliphatic heterocycles. The summed E-state index contributed by atoms with van der Waals surface area (Å²) >= 11 is 0. The highest BCUT2D eigenvalue weighted by Crippen LogP contribution is 2.03. The molecule has 0 heterocycles. The fraction of sp³-hybridized carbons (Fsp3) is 0.909. The van der Waals surface area contributed by atoms with E-state index < -0.39 is 5.54 Å². The second kappa shape index (κ2) is 6.02. The highest BCUT2D eigenvalue weighted by atomic mass is 16.2. The Bertz CT molecular complexity index is 178. The highest BCUT2D eigenvalue weighted by molar-refractivity contribution is 5.85. The third-order valence-corrected chi connectivity index (χ3v) is 2.49. The average molecular weight is 200 g/mol. The van der Waals surface area contributed by atoms with Gasteiger partial charge in [-0.15, -0.1) is 0 Å². The standard InChI is InChI=1S/C11H24N2O/c1-6-9(3)8-12-10(14)11(4,5)13-7-2/h9,13H,6-8H2,1-5H3,(H,12,14). The Labute approximate surface area is 87.6 Å². The van der Waals surface area contributed by atoms with Crippen molar-refractivity contribution >= 4 is 5.91 Å². The predicted molar refractivity (Wildman–Crippen MR) is 60.2 cm³/mol. The summed E-state index contributed by atoms with van der Waals surface area (Å²) in [4.78, 5) is 11.7. The van der Waals surface area contributed by atoms with Gasteiger partial charge < -0.3 is 10.6 Å². The molecule has 0 aromatic heterocycles. The molecule has 0 aromatic carbocycles. The monoisotopic (exact) mass is 200 g/mol. The third-order valence-electron chi connectivity index (χ3n) is 2.49. The van der Waals surface area contributed by atoms with Crippen molar-refractivity contribution in [3.8, 4) is 0 Å². The van der Waals surface area contributed by atoms with Crippen molar-refractivity contribution in [1.29, 1.82) is 0 Å². The molecule has 1 amide bonds. The van der Waals surface area contributed by atoms with E-state index in [0.29, 0.717) is 5.92 Å². The Hall–Kier alpha value is -0.570. The molecule has 1 unspecified atom stereocenters. The van der Waals surface area contributed by atoms with Crippen LogP contribution in [0.15, 0.2) is 0 Å². The number of rotatable bonds is 6. The summed E-state index contributed by atoms with van der Waals surface area (Å²) < 4.78 is 0. The van der Waals surface area contributed by atoms with Crippen LogP contribution in [0.3, 0.4) is 0 Å². The first-order valence-electron chi connectivity index (χ1n) is 5.47. The van der Waals surface area contributed by atoms with E-state index in [1.54, 1.807) is 0 Å². The number of carbonyl (C=O) groups is 1. The fourth-order valence-electron chi connectivity index (χ4n) is 1.15. The number of carbonyl (C=O) groups excluding carboxylic acids is 1. The number of nitrogens with one attached hydrogen (secondary N) is 2. The molecule has 84 valence electrons. The van der Waals surface area contributed by atoms with Gasteiger partial charge in [-0.05, 0) is 26.3 Å². The molecular formula is C11H24N2O. The summed E-state index contributed by atoms with van der Waals surface area (Å²) in [6.07, 6.45) is 1.10. The van der Waals surface area contributed by atoms with Gasteiger partial charge in [0, 0.05) is 6.54 Å². The molecule has 0 aliphatic carbocycles. The molecule has 0 spiro atoms. The van der Waals surface area contributed by atoms with E-state index in [-0.39, 0.29) is 5.91 Å². The molecule has 0 aromatic rings. The van der Waals surface area contributed by atoms with Crippen molar-refractivity contribution in [2.24, 2.45) is 5.92 Å². The fourth-order valence-corrected chi connectivity index (χ4v) is 1.15. The quantitative estimate of drug-likeness (QED) is 0.683. The Morgan fingerprint density at radius 3 is 2.36 bits per heavy atom. The normalized spacial score (nSPS) is 13.8. The molecule has 1 atom stereocenters. The Balaban J connectivity index is 3.94. The van der Waals surface area contributed by atoms with Crippen LogP contribution in [0, 0.1) is 5.92 Å². The lowest BCUT2D eigenvalue weighted by Crippen LogP contribution is -2.53.